The number of aromatic nitrogens is 2. The van der Waals surface area contributed by atoms with Gasteiger partial charge in [0.25, 0.3) is 0 Å². The Morgan fingerprint density at radius 2 is 2.19 bits per heavy atom. The Balaban J connectivity index is 2.00. The van der Waals surface area contributed by atoms with Gasteiger partial charge in [0.2, 0.25) is 5.82 Å². The van der Waals surface area contributed by atoms with Crippen molar-refractivity contribution >= 4 is 11.4 Å². The maximum absolute atomic E-state index is 13.4. The van der Waals surface area contributed by atoms with E-state index in [9.17, 15) is 18.9 Å². The Labute approximate surface area is 119 Å². The van der Waals surface area contributed by atoms with Gasteiger partial charge in [0.1, 0.15) is 11.5 Å². The van der Waals surface area contributed by atoms with Gasteiger partial charge in [0.05, 0.1) is 11.1 Å². The minimum Gasteiger partial charge on any atom is -0.379 e. The van der Waals surface area contributed by atoms with Crippen molar-refractivity contribution in [1.29, 1.82) is 0 Å². The average molecular weight is 296 g/mol. The van der Waals surface area contributed by atoms with Crippen LogP contribution in [0.4, 0.5) is 20.2 Å². The molecule has 0 aliphatic heterocycles. The minimum atomic E-state index is -1.19. The van der Waals surface area contributed by atoms with Crippen LogP contribution in [0.5, 0.6) is 0 Å². The zero-order valence-corrected chi connectivity index (χ0v) is 11.3. The highest BCUT2D eigenvalue weighted by molar-refractivity contribution is 5.62. The third kappa shape index (κ3) is 3.53. The van der Waals surface area contributed by atoms with E-state index >= 15 is 0 Å². The molecule has 6 nitrogen and oxygen atoms in total. The third-order valence-electron chi connectivity index (χ3n) is 3.08. The van der Waals surface area contributed by atoms with Gasteiger partial charge in [-0.2, -0.15) is 9.49 Å². The maximum Gasteiger partial charge on any atom is 0.327 e. The highest BCUT2D eigenvalue weighted by Gasteiger charge is 2.21. The molecule has 0 aliphatic rings. The van der Waals surface area contributed by atoms with Crippen LogP contribution in [0.1, 0.15) is 17.7 Å². The molecule has 21 heavy (non-hydrogen) atoms. The predicted molar refractivity (Wildman–Crippen MR) is 73.1 cm³/mol. The van der Waals surface area contributed by atoms with Crippen LogP contribution >= 0.6 is 0 Å². The standard InChI is InChI=1S/C13H14F2N4O2/c1-8-9(7-17-18-8)3-2-4-16-12-6-10(14)5-11(15)13(12)19(20)21/h5-7,16H,2-4H2,1H3,(H,17,18). The molecule has 0 unspecified atom stereocenters. The van der Waals surface area contributed by atoms with E-state index in [2.05, 4.69) is 15.5 Å². The van der Waals surface area contributed by atoms with Gasteiger partial charge in [-0.15, -0.1) is 0 Å². The SMILES string of the molecule is Cc1[nH]ncc1CCCNc1cc(F)cc(F)c1[N+](=O)[O-]. The molecular weight excluding hydrogens is 282 g/mol. The quantitative estimate of drug-likeness (QED) is 0.487. The second-order valence-corrected chi connectivity index (χ2v) is 4.59. The molecule has 0 amide bonds. The number of benzene rings is 1. The maximum atomic E-state index is 13.4. The summed E-state index contributed by atoms with van der Waals surface area (Å²) < 4.78 is 26.6. The second kappa shape index (κ2) is 6.29. The molecule has 0 aliphatic carbocycles. The largest absolute Gasteiger partial charge is 0.379 e. The van der Waals surface area contributed by atoms with Gasteiger partial charge >= 0.3 is 5.69 Å². The van der Waals surface area contributed by atoms with Crippen LogP contribution in [-0.4, -0.2) is 21.7 Å². The summed E-state index contributed by atoms with van der Waals surface area (Å²) in [4.78, 5) is 9.94. The number of aryl methyl sites for hydroxylation is 2. The average Bonchev–Trinajstić information content (AvgIpc) is 2.79. The van der Waals surface area contributed by atoms with Crippen molar-refractivity contribution in [2.75, 3.05) is 11.9 Å². The first kappa shape index (κ1) is 14.9. The summed E-state index contributed by atoms with van der Waals surface area (Å²) in [6.07, 6.45) is 3.07. The summed E-state index contributed by atoms with van der Waals surface area (Å²) in [5.41, 5.74) is 1.10. The van der Waals surface area contributed by atoms with Gasteiger partial charge in [-0.05, 0) is 25.3 Å². The number of hydrogen-bond donors (Lipinski definition) is 2. The molecule has 0 saturated carbocycles. The van der Waals surface area contributed by atoms with Crippen LogP contribution in [0.15, 0.2) is 18.3 Å². The normalized spacial score (nSPS) is 10.6. The highest BCUT2D eigenvalue weighted by Crippen LogP contribution is 2.28. The Hall–Kier alpha value is -2.51. The fraction of sp³-hybridized carbons (Fsp3) is 0.308. The van der Waals surface area contributed by atoms with Crippen molar-refractivity contribution < 1.29 is 13.7 Å². The molecule has 112 valence electrons. The van der Waals surface area contributed by atoms with E-state index in [-0.39, 0.29) is 5.69 Å². The molecule has 1 aromatic heterocycles. The summed E-state index contributed by atoms with van der Waals surface area (Å²) in [6.45, 7) is 2.25. The van der Waals surface area contributed by atoms with Gasteiger partial charge < -0.3 is 5.32 Å². The Kier molecular flexibility index (Phi) is 4.46. The number of nitro groups is 1. The van der Waals surface area contributed by atoms with Gasteiger partial charge in [0, 0.05) is 24.4 Å². The molecular formula is C13H14F2N4O2. The lowest BCUT2D eigenvalue weighted by molar-refractivity contribution is -0.386. The molecule has 0 saturated heterocycles. The van der Waals surface area contributed by atoms with Crippen LogP contribution in [0.25, 0.3) is 0 Å². The Morgan fingerprint density at radius 3 is 2.81 bits per heavy atom. The summed E-state index contributed by atoms with van der Waals surface area (Å²) in [5.74, 6) is -2.04. The highest BCUT2D eigenvalue weighted by atomic mass is 19.1. The number of hydrogen-bond acceptors (Lipinski definition) is 4. The molecule has 0 radical (unpaired) electrons. The minimum absolute atomic E-state index is 0.151. The van der Waals surface area contributed by atoms with Crippen LogP contribution in [0, 0.1) is 28.7 Å². The first-order chi connectivity index (χ1) is 9.99. The predicted octanol–water partition coefficient (Wildman–Crippen LogP) is 2.95. The molecule has 1 heterocycles. The number of nitrogens with zero attached hydrogens (tertiary/aromatic N) is 2. The topological polar surface area (TPSA) is 83.8 Å². The molecule has 0 atom stereocenters. The smallest absolute Gasteiger partial charge is 0.327 e. The summed E-state index contributed by atoms with van der Waals surface area (Å²) in [7, 11) is 0. The number of halogens is 2. The van der Waals surface area contributed by atoms with Crippen LogP contribution < -0.4 is 5.32 Å². The lowest BCUT2D eigenvalue weighted by atomic mass is 10.1. The molecule has 0 fully saturated rings. The van der Waals surface area contributed by atoms with E-state index in [1.807, 2.05) is 6.92 Å². The monoisotopic (exact) mass is 296 g/mol. The number of nitro benzene ring substituents is 1. The molecule has 2 rings (SSSR count). The number of anilines is 1. The van der Waals surface area contributed by atoms with Gasteiger partial charge in [-0.25, -0.2) is 4.39 Å². The van der Waals surface area contributed by atoms with Crippen molar-refractivity contribution in [3.63, 3.8) is 0 Å². The fourth-order valence-electron chi connectivity index (χ4n) is 2.02. The number of nitrogens with one attached hydrogen (secondary N) is 2. The molecule has 1 aromatic carbocycles. The summed E-state index contributed by atoms with van der Waals surface area (Å²) >= 11 is 0. The van der Waals surface area contributed by atoms with Crippen molar-refractivity contribution in [2.45, 2.75) is 19.8 Å². The number of rotatable bonds is 6. The van der Waals surface area contributed by atoms with E-state index in [0.29, 0.717) is 25.5 Å². The van der Waals surface area contributed by atoms with Gasteiger partial charge in [-0.1, -0.05) is 0 Å². The Morgan fingerprint density at radius 1 is 1.43 bits per heavy atom. The van der Waals surface area contributed by atoms with Crippen LogP contribution in [-0.2, 0) is 6.42 Å². The zero-order chi connectivity index (χ0) is 15.4. The van der Waals surface area contributed by atoms with Gasteiger partial charge in [0.15, 0.2) is 0 Å². The molecule has 0 spiro atoms. The summed E-state index contributed by atoms with van der Waals surface area (Å²) in [6, 6.07) is 1.42. The second-order valence-electron chi connectivity index (χ2n) is 4.59. The summed E-state index contributed by atoms with van der Waals surface area (Å²) in [5, 5.41) is 20.2. The molecule has 0 bridgehead atoms. The zero-order valence-electron chi connectivity index (χ0n) is 11.3. The van der Waals surface area contributed by atoms with Crippen molar-refractivity contribution in [3.05, 3.63) is 51.3 Å². The molecule has 8 heteroatoms. The van der Waals surface area contributed by atoms with E-state index in [0.717, 1.165) is 17.3 Å². The van der Waals surface area contributed by atoms with Crippen molar-refractivity contribution in [1.82, 2.24) is 10.2 Å². The van der Waals surface area contributed by atoms with Gasteiger partial charge in [-0.3, -0.25) is 15.2 Å². The number of aromatic amines is 1. The fourth-order valence-corrected chi connectivity index (χ4v) is 2.02. The van der Waals surface area contributed by atoms with Crippen molar-refractivity contribution in [3.8, 4) is 0 Å². The molecule has 2 aromatic rings. The lowest BCUT2D eigenvalue weighted by Gasteiger charge is -2.07. The first-order valence-electron chi connectivity index (χ1n) is 6.35. The van der Waals surface area contributed by atoms with E-state index < -0.39 is 22.2 Å². The van der Waals surface area contributed by atoms with E-state index in [4.69, 9.17) is 0 Å². The third-order valence-corrected chi connectivity index (χ3v) is 3.08. The van der Waals surface area contributed by atoms with Crippen LogP contribution in [0.3, 0.4) is 0 Å². The van der Waals surface area contributed by atoms with Crippen LogP contribution in [0.2, 0.25) is 0 Å². The van der Waals surface area contributed by atoms with E-state index in [1.165, 1.54) is 0 Å². The van der Waals surface area contributed by atoms with E-state index in [1.54, 1.807) is 6.20 Å². The number of H-pyrrole nitrogens is 1. The first-order valence-corrected chi connectivity index (χ1v) is 6.35. The lowest BCUT2D eigenvalue weighted by Crippen LogP contribution is -2.07. The Bertz CT molecular complexity index is 658. The molecule has 2 N–H and O–H groups in total. The van der Waals surface area contributed by atoms with Crippen molar-refractivity contribution in [2.24, 2.45) is 0 Å².